The summed E-state index contributed by atoms with van der Waals surface area (Å²) in [6.07, 6.45) is -4.52. The fourth-order valence-corrected chi connectivity index (χ4v) is 1.45. The van der Waals surface area contributed by atoms with E-state index < -0.39 is 28.6 Å². The number of alkyl halides is 3. The van der Waals surface area contributed by atoms with Gasteiger partial charge < -0.3 is 5.73 Å². The van der Waals surface area contributed by atoms with Gasteiger partial charge in [-0.15, -0.1) is 0 Å². The second-order valence-electron chi connectivity index (χ2n) is 3.35. The zero-order valence-corrected chi connectivity index (χ0v) is 9.06. The Balaban J connectivity index is 3.15. The molecule has 0 saturated carbocycles. The summed E-state index contributed by atoms with van der Waals surface area (Å²) >= 11 is 5.45. The molecule has 1 rings (SSSR count). The minimum atomic E-state index is -4.52. The quantitative estimate of drug-likeness (QED) is 0.822. The summed E-state index contributed by atoms with van der Waals surface area (Å²) in [5.41, 5.74) is 4.44. The molecule has 0 radical (unpaired) electrons. The molecule has 0 aliphatic carbocycles. The first kappa shape index (κ1) is 13.0. The average molecular weight is 252 g/mol. The van der Waals surface area contributed by atoms with Gasteiger partial charge in [0.15, 0.2) is 5.78 Å². The maximum Gasteiger partial charge on any atom is 0.417 e. The second kappa shape index (κ2) is 4.43. The van der Waals surface area contributed by atoms with Crippen LogP contribution >= 0.6 is 11.6 Å². The number of ketones is 1. The van der Waals surface area contributed by atoms with Gasteiger partial charge in [0.05, 0.1) is 16.6 Å². The molecule has 0 amide bonds. The lowest BCUT2D eigenvalue weighted by Crippen LogP contribution is -2.26. The number of nitrogens with two attached hydrogens (primary N) is 1. The van der Waals surface area contributed by atoms with Gasteiger partial charge in [0.25, 0.3) is 0 Å². The van der Waals surface area contributed by atoms with Gasteiger partial charge in [-0.25, -0.2) is 0 Å². The molecule has 0 fully saturated rings. The number of halogens is 4. The van der Waals surface area contributed by atoms with E-state index in [0.29, 0.717) is 0 Å². The molecule has 1 aromatic carbocycles. The van der Waals surface area contributed by atoms with Crippen molar-refractivity contribution in [1.29, 1.82) is 0 Å². The largest absolute Gasteiger partial charge is 0.417 e. The Morgan fingerprint density at radius 1 is 1.44 bits per heavy atom. The van der Waals surface area contributed by atoms with Crippen molar-refractivity contribution in [2.75, 3.05) is 0 Å². The molecule has 0 aliphatic heterocycles. The van der Waals surface area contributed by atoms with Crippen molar-refractivity contribution in [2.24, 2.45) is 5.73 Å². The Hall–Kier alpha value is -1.07. The third-order valence-electron chi connectivity index (χ3n) is 1.97. The molecule has 0 spiro atoms. The lowest BCUT2D eigenvalue weighted by molar-refractivity contribution is -0.137. The lowest BCUT2D eigenvalue weighted by atomic mass is 10.0. The number of hydrogen-bond donors (Lipinski definition) is 1. The summed E-state index contributed by atoms with van der Waals surface area (Å²) in [6, 6.07) is 2.06. The second-order valence-corrected chi connectivity index (χ2v) is 3.75. The number of carbonyl (C=O) groups is 1. The van der Waals surface area contributed by atoms with Crippen LogP contribution in [-0.2, 0) is 6.18 Å². The Morgan fingerprint density at radius 2 is 2.00 bits per heavy atom. The van der Waals surface area contributed by atoms with Crippen molar-refractivity contribution in [2.45, 2.75) is 19.1 Å². The van der Waals surface area contributed by atoms with Crippen molar-refractivity contribution in [1.82, 2.24) is 0 Å². The highest BCUT2D eigenvalue weighted by Crippen LogP contribution is 2.34. The summed E-state index contributed by atoms with van der Waals surface area (Å²) in [6.45, 7) is 1.45. The van der Waals surface area contributed by atoms with E-state index in [1.165, 1.54) is 6.92 Å². The van der Waals surface area contributed by atoms with Crippen molar-refractivity contribution >= 4 is 17.4 Å². The Morgan fingerprint density at radius 3 is 2.38 bits per heavy atom. The molecular formula is C10H9ClF3NO. The van der Waals surface area contributed by atoms with Crippen LogP contribution in [0.3, 0.4) is 0 Å². The van der Waals surface area contributed by atoms with Crippen LogP contribution in [0, 0.1) is 0 Å². The van der Waals surface area contributed by atoms with E-state index in [1.807, 2.05) is 0 Å². The number of Topliss-reactive ketones (excluding diaryl/α,β-unsaturated/α-hetero) is 1. The highest BCUT2D eigenvalue weighted by atomic mass is 35.5. The third kappa shape index (κ3) is 2.74. The molecule has 88 valence electrons. The van der Waals surface area contributed by atoms with Crippen molar-refractivity contribution in [3.8, 4) is 0 Å². The van der Waals surface area contributed by atoms with Crippen LogP contribution in [0.5, 0.6) is 0 Å². The molecule has 16 heavy (non-hydrogen) atoms. The minimum absolute atomic E-state index is 0.0769. The van der Waals surface area contributed by atoms with Crippen LogP contribution < -0.4 is 5.73 Å². The van der Waals surface area contributed by atoms with Crippen molar-refractivity contribution in [3.63, 3.8) is 0 Å². The van der Waals surface area contributed by atoms with E-state index in [2.05, 4.69) is 0 Å². The van der Waals surface area contributed by atoms with Gasteiger partial charge in [-0.1, -0.05) is 17.7 Å². The number of benzene rings is 1. The number of carbonyl (C=O) groups excluding carboxylic acids is 1. The summed E-state index contributed by atoms with van der Waals surface area (Å²) in [4.78, 5) is 11.4. The molecule has 0 aromatic heterocycles. The van der Waals surface area contributed by atoms with E-state index in [1.54, 1.807) is 0 Å². The third-order valence-corrected chi connectivity index (χ3v) is 2.29. The maximum atomic E-state index is 12.3. The summed E-state index contributed by atoms with van der Waals surface area (Å²) in [7, 11) is 0. The molecule has 1 atom stereocenters. The average Bonchev–Trinajstić information content (AvgIpc) is 2.14. The van der Waals surface area contributed by atoms with Crippen LogP contribution in [0.25, 0.3) is 0 Å². The first-order chi connectivity index (χ1) is 7.23. The fourth-order valence-electron chi connectivity index (χ4n) is 1.16. The Kier molecular flexibility index (Phi) is 3.60. The van der Waals surface area contributed by atoms with Crippen LogP contribution in [-0.4, -0.2) is 11.8 Å². The van der Waals surface area contributed by atoms with E-state index in [-0.39, 0.29) is 5.56 Å². The molecular weight excluding hydrogens is 243 g/mol. The molecule has 0 heterocycles. The van der Waals surface area contributed by atoms with Gasteiger partial charge >= 0.3 is 6.18 Å². The normalized spacial score (nSPS) is 13.6. The van der Waals surface area contributed by atoms with E-state index in [9.17, 15) is 18.0 Å². The monoisotopic (exact) mass is 251 g/mol. The standard InChI is InChI=1S/C10H9ClF3NO/c1-5(15)9(16)6-2-3-7(8(11)4-6)10(12,13)14/h2-5H,15H2,1H3. The topological polar surface area (TPSA) is 43.1 Å². The summed E-state index contributed by atoms with van der Waals surface area (Å²) < 4.78 is 37.0. The van der Waals surface area contributed by atoms with Gasteiger partial charge in [-0.2, -0.15) is 13.2 Å². The lowest BCUT2D eigenvalue weighted by Gasteiger charge is -2.10. The van der Waals surface area contributed by atoms with E-state index in [4.69, 9.17) is 17.3 Å². The zero-order chi connectivity index (χ0) is 12.5. The van der Waals surface area contributed by atoms with Crippen molar-refractivity contribution < 1.29 is 18.0 Å². The van der Waals surface area contributed by atoms with E-state index in [0.717, 1.165) is 18.2 Å². The summed E-state index contributed by atoms with van der Waals surface area (Å²) in [5.74, 6) is -0.448. The van der Waals surface area contributed by atoms with E-state index >= 15 is 0 Å². The van der Waals surface area contributed by atoms with Gasteiger partial charge in [0, 0.05) is 5.56 Å². The molecule has 0 saturated heterocycles. The molecule has 0 aliphatic rings. The molecule has 1 aromatic rings. The maximum absolute atomic E-state index is 12.3. The fraction of sp³-hybridized carbons (Fsp3) is 0.300. The van der Waals surface area contributed by atoms with Crippen LogP contribution in [0.1, 0.15) is 22.8 Å². The van der Waals surface area contributed by atoms with Crippen LogP contribution in [0.2, 0.25) is 5.02 Å². The number of hydrogen-bond acceptors (Lipinski definition) is 2. The van der Waals surface area contributed by atoms with Gasteiger partial charge in [0.1, 0.15) is 0 Å². The molecule has 2 nitrogen and oxygen atoms in total. The molecule has 6 heteroatoms. The smallest absolute Gasteiger partial charge is 0.321 e. The first-order valence-corrected chi connectivity index (χ1v) is 4.78. The van der Waals surface area contributed by atoms with Gasteiger partial charge in [-0.3, -0.25) is 4.79 Å². The predicted octanol–water partition coefficient (Wildman–Crippen LogP) is 2.89. The zero-order valence-electron chi connectivity index (χ0n) is 8.31. The molecule has 2 N–H and O–H groups in total. The Bertz CT molecular complexity index is 415. The van der Waals surface area contributed by atoms with Crippen LogP contribution in [0.15, 0.2) is 18.2 Å². The van der Waals surface area contributed by atoms with Gasteiger partial charge in [-0.05, 0) is 19.1 Å². The number of rotatable bonds is 2. The highest BCUT2D eigenvalue weighted by molar-refractivity contribution is 6.31. The van der Waals surface area contributed by atoms with Gasteiger partial charge in [0.2, 0.25) is 0 Å². The predicted molar refractivity (Wildman–Crippen MR) is 54.4 cm³/mol. The molecule has 1 unspecified atom stereocenters. The Labute approximate surface area is 95.2 Å². The summed E-state index contributed by atoms with van der Waals surface area (Å²) in [5, 5.41) is -0.501. The highest BCUT2D eigenvalue weighted by Gasteiger charge is 2.33. The minimum Gasteiger partial charge on any atom is -0.321 e. The van der Waals surface area contributed by atoms with Crippen molar-refractivity contribution in [3.05, 3.63) is 34.3 Å². The first-order valence-electron chi connectivity index (χ1n) is 4.40. The SMILES string of the molecule is CC(N)C(=O)c1ccc(C(F)(F)F)c(Cl)c1. The van der Waals surface area contributed by atoms with Crippen LogP contribution in [0.4, 0.5) is 13.2 Å². The molecule has 0 bridgehead atoms.